The number of aryl methyl sites for hydroxylation is 1. The van der Waals surface area contributed by atoms with Gasteiger partial charge in [-0.05, 0) is 115 Å². The topological polar surface area (TPSA) is 94.9 Å². The third-order valence-corrected chi connectivity index (χ3v) is 10.2. The minimum Gasteiger partial charge on any atom is -0.393 e. The highest BCUT2D eigenvalue weighted by Crippen LogP contribution is 2.67. The third-order valence-electron chi connectivity index (χ3n) is 10.2. The number of aliphatic hydroxyl groups is 2. The first kappa shape index (κ1) is 19.9. The summed E-state index contributed by atoms with van der Waals surface area (Å²) in [5, 5.41) is 35.8. The van der Waals surface area contributed by atoms with Crippen LogP contribution in [0.1, 0.15) is 83.9 Å². The number of hydrogen-bond donors (Lipinski definition) is 3. The van der Waals surface area contributed by atoms with E-state index in [2.05, 4.69) is 34.5 Å². The molecule has 0 spiro atoms. The van der Waals surface area contributed by atoms with Gasteiger partial charge in [0.1, 0.15) is 5.82 Å². The molecule has 0 amide bonds. The van der Waals surface area contributed by atoms with E-state index in [4.69, 9.17) is 0 Å². The molecule has 1 heterocycles. The van der Waals surface area contributed by atoms with Crippen LogP contribution in [0.3, 0.4) is 0 Å². The van der Waals surface area contributed by atoms with E-state index in [1.807, 2.05) is 0 Å². The summed E-state index contributed by atoms with van der Waals surface area (Å²) in [5.41, 5.74) is 0.695. The lowest BCUT2D eigenvalue weighted by molar-refractivity contribution is -0.172. The van der Waals surface area contributed by atoms with E-state index in [-0.39, 0.29) is 12.2 Å². The van der Waals surface area contributed by atoms with Crippen LogP contribution in [0.4, 0.5) is 0 Å². The number of aromatic nitrogens is 4. The van der Waals surface area contributed by atoms with Gasteiger partial charge in [-0.1, -0.05) is 13.8 Å². The second-order valence-electron chi connectivity index (χ2n) is 11.3. The first-order valence-corrected chi connectivity index (χ1v) is 12.0. The highest BCUT2D eigenvalue weighted by molar-refractivity contribution is 5.11. The van der Waals surface area contributed by atoms with Gasteiger partial charge in [-0.25, -0.2) is 5.10 Å². The maximum absolute atomic E-state index is 11.3. The van der Waals surface area contributed by atoms with Crippen LogP contribution in [0.5, 0.6) is 0 Å². The van der Waals surface area contributed by atoms with E-state index in [0.29, 0.717) is 34.5 Å². The maximum atomic E-state index is 11.3. The molecule has 6 nitrogen and oxygen atoms in total. The van der Waals surface area contributed by atoms with Crippen molar-refractivity contribution in [1.29, 1.82) is 0 Å². The molecule has 9 atom stereocenters. The molecule has 1 aromatic heterocycles. The van der Waals surface area contributed by atoms with Crippen LogP contribution in [0, 0.1) is 40.4 Å². The van der Waals surface area contributed by atoms with Crippen LogP contribution in [0.15, 0.2) is 0 Å². The fraction of sp³-hybridized carbons (Fsp3) is 0.957. The van der Waals surface area contributed by atoms with Crippen LogP contribution >= 0.6 is 0 Å². The zero-order valence-electron chi connectivity index (χ0n) is 18.1. The monoisotopic (exact) mass is 402 g/mol. The number of aromatic amines is 1. The van der Waals surface area contributed by atoms with Gasteiger partial charge >= 0.3 is 0 Å². The molecule has 0 bridgehead atoms. The zero-order valence-corrected chi connectivity index (χ0v) is 18.1. The van der Waals surface area contributed by atoms with E-state index in [0.717, 1.165) is 50.3 Å². The van der Waals surface area contributed by atoms with Crippen molar-refractivity contribution in [1.82, 2.24) is 20.6 Å². The van der Waals surface area contributed by atoms with Crippen LogP contribution in [-0.4, -0.2) is 43.0 Å². The SMILES string of the molecule is C[C@]12CC[C@@H](O)C[C@H]1C[C@@H](O)[C@@H]1[C@@H]2CC[C@]2(C)[C@@H](CCCc3nnn[nH]3)CC[C@@H]12. The Morgan fingerprint density at radius 1 is 1.00 bits per heavy atom. The number of H-pyrrole nitrogens is 1. The Kier molecular flexibility index (Phi) is 5.01. The summed E-state index contributed by atoms with van der Waals surface area (Å²) in [6.45, 7) is 5.03. The molecule has 4 saturated carbocycles. The van der Waals surface area contributed by atoms with E-state index < -0.39 is 0 Å². The number of nitrogens with zero attached hydrogens (tertiary/aromatic N) is 3. The normalized spacial score (nSPS) is 49.3. The van der Waals surface area contributed by atoms with Crippen molar-refractivity contribution in [3.8, 4) is 0 Å². The molecule has 29 heavy (non-hydrogen) atoms. The van der Waals surface area contributed by atoms with Crippen molar-refractivity contribution in [2.75, 3.05) is 0 Å². The minimum absolute atomic E-state index is 0.152. The Balaban J connectivity index is 1.31. The molecule has 0 unspecified atom stereocenters. The largest absolute Gasteiger partial charge is 0.393 e. The fourth-order valence-corrected chi connectivity index (χ4v) is 8.58. The Morgan fingerprint density at radius 3 is 2.59 bits per heavy atom. The predicted octanol–water partition coefficient (Wildman–Crippen LogP) is 3.51. The van der Waals surface area contributed by atoms with Crippen molar-refractivity contribution in [2.24, 2.45) is 40.4 Å². The minimum atomic E-state index is -0.174. The second kappa shape index (κ2) is 7.30. The third kappa shape index (κ3) is 3.16. The van der Waals surface area contributed by atoms with Crippen molar-refractivity contribution in [3.63, 3.8) is 0 Å². The number of hydrogen-bond acceptors (Lipinski definition) is 5. The quantitative estimate of drug-likeness (QED) is 0.716. The van der Waals surface area contributed by atoms with Crippen molar-refractivity contribution in [3.05, 3.63) is 5.82 Å². The molecule has 0 aromatic carbocycles. The summed E-state index contributed by atoms with van der Waals surface area (Å²) in [7, 11) is 0. The van der Waals surface area contributed by atoms with Gasteiger partial charge in [0.25, 0.3) is 0 Å². The Bertz CT molecular complexity index is 712. The summed E-state index contributed by atoms with van der Waals surface area (Å²) >= 11 is 0. The highest BCUT2D eigenvalue weighted by atomic mass is 16.3. The molecule has 6 heteroatoms. The lowest BCUT2D eigenvalue weighted by Crippen LogP contribution is -2.58. The van der Waals surface area contributed by atoms with Gasteiger partial charge in [0.05, 0.1) is 12.2 Å². The lowest BCUT2D eigenvalue weighted by Gasteiger charge is -2.62. The van der Waals surface area contributed by atoms with Gasteiger partial charge < -0.3 is 10.2 Å². The van der Waals surface area contributed by atoms with Crippen LogP contribution < -0.4 is 0 Å². The first-order chi connectivity index (χ1) is 13.9. The molecule has 4 aliphatic rings. The molecular formula is C23H38N4O2. The summed E-state index contributed by atoms with van der Waals surface area (Å²) in [6.07, 6.45) is 12.1. The fourth-order valence-electron chi connectivity index (χ4n) is 8.58. The van der Waals surface area contributed by atoms with E-state index in [9.17, 15) is 10.2 Å². The Hall–Kier alpha value is -1.01. The second-order valence-corrected chi connectivity index (χ2v) is 11.3. The van der Waals surface area contributed by atoms with E-state index in [1.54, 1.807) is 0 Å². The molecule has 0 aliphatic heterocycles. The van der Waals surface area contributed by atoms with Crippen molar-refractivity contribution < 1.29 is 10.2 Å². The molecule has 0 radical (unpaired) electrons. The molecule has 0 saturated heterocycles. The Morgan fingerprint density at radius 2 is 1.79 bits per heavy atom. The zero-order chi connectivity index (χ0) is 20.2. The van der Waals surface area contributed by atoms with Gasteiger partial charge in [-0.2, -0.15) is 0 Å². The summed E-state index contributed by atoms with van der Waals surface area (Å²) in [4.78, 5) is 0. The van der Waals surface area contributed by atoms with Crippen LogP contribution in [0.2, 0.25) is 0 Å². The predicted molar refractivity (Wildman–Crippen MR) is 110 cm³/mol. The molecule has 162 valence electrons. The van der Waals surface area contributed by atoms with Gasteiger partial charge in [0.2, 0.25) is 0 Å². The highest BCUT2D eigenvalue weighted by Gasteiger charge is 2.62. The average Bonchev–Trinajstić information content (AvgIpc) is 3.31. The molecule has 4 aliphatic carbocycles. The van der Waals surface area contributed by atoms with Crippen molar-refractivity contribution in [2.45, 2.75) is 96.7 Å². The van der Waals surface area contributed by atoms with Crippen LogP contribution in [0.25, 0.3) is 0 Å². The van der Waals surface area contributed by atoms with Crippen molar-refractivity contribution >= 4 is 0 Å². The van der Waals surface area contributed by atoms with Gasteiger partial charge in [0, 0.05) is 6.42 Å². The molecule has 5 rings (SSSR count). The summed E-state index contributed by atoms with van der Waals surface area (Å²) in [5.74, 6) is 3.93. The number of fused-ring (bicyclic) bond motifs is 5. The summed E-state index contributed by atoms with van der Waals surface area (Å²) < 4.78 is 0. The first-order valence-electron chi connectivity index (χ1n) is 12.0. The Labute approximate surface area is 174 Å². The smallest absolute Gasteiger partial charge is 0.148 e. The van der Waals surface area contributed by atoms with Gasteiger partial charge in [-0.3, -0.25) is 0 Å². The molecule has 1 aromatic rings. The van der Waals surface area contributed by atoms with Gasteiger partial charge in [0.15, 0.2) is 0 Å². The number of nitrogens with one attached hydrogen (secondary N) is 1. The van der Waals surface area contributed by atoms with Crippen LogP contribution in [-0.2, 0) is 6.42 Å². The number of rotatable bonds is 4. The maximum Gasteiger partial charge on any atom is 0.148 e. The number of aliphatic hydroxyl groups excluding tert-OH is 2. The molecule has 4 fully saturated rings. The summed E-state index contributed by atoms with van der Waals surface area (Å²) in [6, 6.07) is 0. The van der Waals surface area contributed by atoms with Gasteiger partial charge in [-0.15, -0.1) is 5.10 Å². The lowest BCUT2D eigenvalue weighted by atomic mass is 9.44. The van der Waals surface area contributed by atoms with E-state index in [1.165, 1.54) is 32.1 Å². The average molecular weight is 403 g/mol. The van der Waals surface area contributed by atoms with E-state index >= 15 is 0 Å². The number of tetrazole rings is 1. The molecule has 3 N–H and O–H groups in total. The standard InChI is InChI=1S/C23H38N4O2/c1-22-11-9-18-21(19(29)13-15-12-16(28)8-10-23(15,18)2)17(22)7-6-14(22)4-3-5-20-24-26-27-25-20/h14-19,21,28-29H,3-13H2,1-2H3,(H,24,25,26,27)/t14-,15-,16+,17-,18-,19+,21-,22+,23-/m0/s1. The molecular weight excluding hydrogens is 364 g/mol.